The molecule has 0 spiro atoms. The van der Waals surface area contributed by atoms with Gasteiger partial charge in [0, 0.05) is 25.9 Å². The van der Waals surface area contributed by atoms with Crippen LogP contribution in [0.25, 0.3) is 0 Å². The molecule has 6 fully saturated rings. The predicted octanol–water partition coefficient (Wildman–Crippen LogP) is 13.5. The number of ether oxygens (including phenoxy) is 2. The zero-order valence-corrected chi connectivity index (χ0v) is 51.8. The fourth-order valence-corrected chi connectivity index (χ4v) is 19.9. The molecule has 13 nitrogen and oxygen atoms in total. The minimum Gasteiger partial charge on any atom is -0.445 e. The first kappa shape index (κ1) is 61.4. The Balaban J connectivity index is 0.720. The van der Waals surface area contributed by atoms with Gasteiger partial charge < -0.3 is 14.8 Å². The molecule has 9 aliphatic carbocycles. The van der Waals surface area contributed by atoms with Gasteiger partial charge in [0.1, 0.15) is 12.2 Å². The van der Waals surface area contributed by atoms with Gasteiger partial charge in [-0.2, -0.15) is 0 Å². The number of carbonyl (C=O) groups is 5. The van der Waals surface area contributed by atoms with Crippen LogP contribution in [0, 0.1) is 98.6 Å². The van der Waals surface area contributed by atoms with Gasteiger partial charge in [0.25, 0.3) is 11.8 Å². The van der Waals surface area contributed by atoms with Gasteiger partial charge in [0.2, 0.25) is 5.91 Å². The van der Waals surface area contributed by atoms with Crippen molar-refractivity contribution in [1.82, 2.24) is 31.9 Å². The van der Waals surface area contributed by atoms with Crippen LogP contribution in [0.15, 0.2) is 47.6 Å². The van der Waals surface area contributed by atoms with Crippen LogP contribution in [0.4, 0.5) is 9.59 Å². The molecule has 16 atom stereocenters. The van der Waals surface area contributed by atoms with Gasteiger partial charge >= 0.3 is 12.2 Å². The molecule has 5 amide bonds. The van der Waals surface area contributed by atoms with Gasteiger partial charge in [0.15, 0.2) is 0 Å². The van der Waals surface area contributed by atoms with Crippen molar-refractivity contribution in [3.63, 3.8) is 0 Å². The van der Waals surface area contributed by atoms with Crippen LogP contribution in [-0.4, -0.2) is 73.2 Å². The van der Waals surface area contributed by atoms with Gasteiger partial charge in [-0.05, 0) is 183 Å². The second-order valence-corrected chi connectivity index (χ2v) is 29.8. The Morgan fingerprint density at radius 2 is 1.00 bits per heavy atom. The van der Waals surface area contributed by atoms with Crippen LogP contribution < -0.4 is 27.0 Å². The van der Waals surface area contributed by atoms with Crippen molar-refractivity contribution in [2.75, 3.05) is 26.2 Å². The third-order valence-corrected chi connectivity index (χ3v) is 24.2. The summed E-state index contributed by atoms with van der Waals surface area (Å²) in [5, 5.41) is 2.88. The molecule has 0 aromatic carbocycles. The van der Waals surface area contributed by atoms with Crippen LogP contribution >= 0.6 is 0 Å². The summed E-state index contributed by atoms with van der Waals surface area (Å²) < 4.78 is 11.9. The fourth-order valence-electron chi connectivity index (χ4n) is 19.9. The Kier molecular flexibility index (Phi) is 19.7. The van der Waals surface area contributed by atoms with Gasteiger partial charge in [-0.1, -0.05) is 155 Å². The molecule has 81 heavy (non-hydrogen) atoms. The van der Waals surface area contributed by atoms with Crippen molar-refractivity contribution in [2.24, 2.45) is 98.6 Å². The number of fused-ring (bicyclic) bond motifs is 10. The Hall–Kier alpha value is -4.13. The topological polar surface area (TPSA) is 167 Å². The summed E-state index contributed by atoms with van der Waals surface area (Å²) in [6, 6.07) is 0. The SMILES string of the molecule is CC(C)CCC[C@@H](C)[C@H]1CC[C@H]2[C@@H]3CC=C4C[C@@H](OC(=O)NNC(=O)CN(CCNC(=O)C5C=CC=C5)CC(=O)NNC(=O)O[C@H]5CC[C@@]6(C)C(=CC[C@H]7[C@@H]8CC[C@H]([C@H](C)CCCC(C)C)[C@@]8(C)CC[C@@H]76)C5)CC[C@]4(C)[C@H]3CC[C@]12C. The lowest BCUT2D eigenvalue weighted by Crippen LogP contribution is -2.53. The first-order chi connectivity index (χ1) is 38.6. The van der Waals surface area contributed by atoms with Crippen LogP contribution in [-0.2, 0) is 23.9 Å². The first-order valence-corrected chi connectivity index (χ1v) is 32.9. The summed E-state index contributed by atoms with van der Waals surface area (Å²) in [4.78, 5) is 67.7. The Morgan fingerprint density at radius 1 is 0.556 bits per heavy atom. The number of nitrogens with zero attached hydrogens (tertiary/aromatic N) is 1. The highest BCUT2D eigenvalue weighted by atomic mass is 16.6. The second kappa shape index (κ2) is 26.0. The summed E-state index contributed by atoms with van der Waals surface area (Å²) in [6.07, 6.45) is 36.1. The number of hydrogen-bond donors (Lipinski definition) is 5. The third kappa shape index (κ3) is 13.5. The Labute approximate surface area is 488 Å². The lowest BCUT2D eigenvalue weighted by atomic mass is 9.47. The smallest absolute Gasteiger partial charge is 0.426 e. The number of hydrogen-bond acceptors (Lipinski definition) is 8. The van der Waals surface area contributed by atoms with Crippen molar-refractivity contribution in [3.8, 4) is 0 Å². The van der Waals surface area contributed by atoms with E-state index >= 15 is 0 Å². The van der Waals surface area contributed by atoms with Crippen molar-refractivity contribution in [2.45, 2.75) is 223 Å². The second-order valence-electron chi connectivity index (χ2n) is 29.8. The molecule has 0 bridgehead atoms. The normalized spacial score (nSPS) is 36.4. The molecular weight excluding hydrogens is 1010 g/mol. The molecule has 9 rings (SSSR count). The maximum absolute atomic E-state index is 13.4. The lowest BCUT2D eigenvalue weighted by Gasteiger charge is -2.58. The molecule has 0 radical (unpaired) electrons. The van der Waals surface area contributed by atoms with Crippen LogP contribution in [0.5, 0.6) is 0 Å². The highest BCUT2D eigenvalue weighted by Crippen LogP contribution is 2.69. The minimum absolute atomic E-state index is 0.115. The van der Waals surface area contributed by atoms with E-state index in [1.807, 2.05) is 12.2 Å². The summed E-state index contributed by atoms with van der Waals surface area (Å²) in [5.41, 5.74) is 13.8. The highest BCUT2D eigenvalue weighted by molar-refractivity contribution is 5.84. The molecule has 452 valence electrons. The summed E-state index contributed by atoms with van der Waals surface area (Å²) in [5.74, 6) is 7.38. The number of rotatable bonds is 20. The molecule has 0 aliphatic heterocycles. The minimum atomic E-state index is -0.723. The van der Waals surface area contributed by atoms with Crippen molar-refractivity contribution in [1.29, 1.82) is 0 Å². The van der Waals surface area contributed by atoms with E-state index in [-0.39, 0.29) is 61.0 Å². The number of allylic oxidation sites excluding steroid dienone is 4. The highest BCUT2D eigenvalue weighted by Gasteiger charge is 2.61. The zero-order chi connectivity index (χ0) is 57.9. The zero-order valence-electron chi connectivity index (χ0n) is 51.8. The molecule has 13 heteroatoms. The number of hydrazine groups is 2. The van der Waals surface area contributed by atoms with Crippen LogP contribution in [0.3, 0.4) is 0 Å². The Bertz CT molecular complexity index is 2230. The number of amides is 5. The molecule has 9 aliphatic rings. The average molecular weight is 1120 g/mol. The largest absolute Gasteiger partial charge is 0.445 e. The lowest BCUT2D eigenvalue weighted by molar-refractivity contribution is -0.126. The van der Waals surface area contributed by atoms with E-state index in [2.05, 4.69) is 108 Å². The summed E-state index contributed by atoms with van der Waals surface area (Å²) >= 11 is 0. The number of carbonyl (C=O) groups excluding carboxylic acids is 5. The monoisotopic (exact) mass is 1120 g/mol. The molecular formula is C68H108N6O7. The predicted molar refractivity (Wildman–Crippen MR) is 320 cm³/mol. The van der Waals surface area contributed by atoms with Crippen molar-refractivity contribution < 1.29 is 33.4 Å². The maximum atomic E-state index is 13.4. The van der Waals surface area contributed by atoms with Gasteiger partial charge in [-0.3, -0.25) is 30.1 Å². The molecule has 0 heterocycles. The standard InChI is InChI=1S/C68H108N6O7/c1-43(2)15-13-17-45(5)54-25-27-56-52-23-21-48-39-50(29-33-65(48,7)58(52)31-35-67(54,56)9)80-63(78)72-70-60(75)41-74(38-37-69-62(77)47-19-11-12-20-47)42-61(76)71-73-64(79)81-51-30-34-66(8)49(40-51)22-24-53-57-28-26-55(46(6)18-14-16-44(3)4)68(57,10)36-32-59(53)66/h11-12,19-22,43-47,50-59H,13-18,23-42H2,1-10H3,(H,69,77)(H,70,75)(H,71,76)(H,72,78)(H,73,79)/t45-,46-,50+,51+,52+,53+,54-,55-,56+,57+,58+,59+,65+,66+,67-,68-/m1/s1. The van der Waals surface area contributed by atoms with E-state index in [1.54, 1.807) is 17.1 Å². The maximum Gasteiger partial charge on any atom is 0.426 e. The number of nitrogens with one attached hydrogen (secondary N) is 5. The quantitative estimate of drug-likeness (QED) is 0.0593. The van der Waals surface area contributed by atoms with E-state index < -0.39 is 24.0 Å². The Morgan fingerprint density at radius 3 is 1.43 bits per heavy atom. The van der Waals surface area contributed by atoms with Gasteiger partial charge in [0.05, 0.1) is 19.0 Å². The molecule has 0 aromatic rings. The first-order valence-electron chi connectivity index (χ1n) is 32.9. The van der Waals surface area contributed by atoms with Gasteiger partial charge in [-0.15, -0.1) is 0 Å². The molecule has 6 saturated carbocycles. The average Bonchev–Trinajstić information content (AvgIpc) is 4.35. The van der Waals surface area contributed by atoms with E-state index in [1.165, 1.54) is 101 Å². The third-order valence-electron chi connectivity index (χ3n) is 24.2. The molecule has 0 saturated heterocycles. The molecule has 5 N–H and O–H groups in total. The summed E-state index contributed by atoms with van der Waals surface area (Å²) in [7, 11) is 0. The van der Waals surface area contributed by atoms with E-state index in [4.69, 9.17) is 9.47 Å². The molecule has 0 aromatic heterocycles. The summed E-state index contributed by atoms with van der Waals surface area (Å²) in [6.45, 7) is 24.4. The van der Waals surface area contributed by atoms with Gasteiger partial charge in [-0.25, -0.2) is 20.4 Å². The molecule has 0 unspecified atom stereocenters. The van der Waals surface area contributed by atoms with Crippen LogP contribution in [0.1, 0.15) is 210 Å². The fraction of sp³-hybridized carbons (Fsp3) is 0.809. The van der Waals surface area contributed by atoms with E-state index in [0.717, 1.165) is 97.7 Å². The van der Waals surface area contributed by atoms with E-state index in [9.17, 15) is 24.0 Å². The van der Waals surface area contributed by atoms with Crippen LogP contribution in [0.2, 0.25) is 0 Å². The van der Waals surface area contributed by atoms with E-state index in [0.29, 0.717) is 35.5 Å². The van der Waals surface area contributed by atoms with Crippen molar-refractivity contribution in [3.05, 3.63) is 47.6 Å². The van der Waals surface area contributed by atoms with Crippen molar-refractivity contribution >= 4 is 29.9 Å².